The van der Waals surface area contributed by atoms with Crippen LogP contribution in [0.4, 0.5) is 5.88 Å². The van der Waals surface area contributed by atoms with Crippen LogP contribution in [0.15, 0.2) is 42.5 Å². The van der Waals surface area contributed by atoms with E-state index >= 15 is 0 Å². The molecule has 1 aliphatic carbocycles. The van der Waals surface area contributed by atoms with E-state index in [1.54, 1.807) is 18.2 Å². The number of anilines is 1. The molecule has 128 valence electrons. The van der Waals surface area contributed by atoms with Crippen LogP contribution in [-0.4, -0.2) is 11.1 Å². The van der Waals surface area contributed by atoms with Crippen LogP contribution in [0.5, 0.6) is 0 Å². The van der Waals surface area contributed by atoms with Gasteiger partial charge in [-0.05, 0) is 43.4 Å². The Bertz CT molecular complexity index is 1040. The van der Waals surface area contributed by atoms with Crippen molar-refractivity contribution in [2.45, 2.75) is 26.2 Å². The van der Waals surface area contributed by atoms with Gasteiger partial charge in [-0.3, -0.25) is 14.9 Å². The van der Waals surface area contributed by atoms with Crippen LogP contribution in [0.3, 0.4) is 0 Å². The summed E-state index contributed by atoms with van der Waals surface area (Å²) in [5.74, 6) is 0.253. The highest BCUT2D eigenvalue weighted by atomic mass is 79.9. The smallest absolute Gasteiger partial charge is 0.293 e. The SMILES string of the molecule is CC1CCc2noc(NC(=O)c3cc(=O)c4ccc(Br)cc4o3)c2C1. The first-order chi connectivity index (χ1) is 12.0. The standard InChI is InChI=1S/C18H15BrN2O4/c1-9-2-5-13-12(6-9)18(25-21-13)20-17(23)16-8-14(22)11-4-3-10(19)7-15(11)24-16/h3-4,7-9H,2,5-6H2,1H3,(H,20,23). The normalized spacial score (nSPS) is 16.6. The first-order valence-electron chi connectivity index (χ1n) is 8.03. The van der Waals surface area contributed by atoms with Crippen molar-refractivity contribution < 1.29 is 13.7 Å². The topological polar surface area (TPSA) is 85.3 Å². The molecule has 4 rings (SSSR count). The minimum atomic E-state index is -0.531. The zero-order chi connectivity index (χ0) is 17.6. The van der Waals surface area contributed by atoms with E-state index in [2.05, 4.69) is 33.3 Å². The minimum Gasteiger partial charge on any atom is -0.451 e. The van der Waals surface area contributed by atoms with Crippen LogP contribution >= 0.6 is 15.9 Å². The molecule has 2 heterocycles. The van der Waals surface area contributed by atoms with E-state index in [-0.39, 0.29) is 11.2 Å². The number of fused-ring (bicyclic) bond motifs is 2. The lowest BCUT2D eigenvalue weighted by Crippen LogP contribution is -2.17. The molecule has 1 atom stereocenters. The first kappa shape index (κ1) is 16.1. The van der Waals surface area contributed by atoms with Crippen molar-refractivity contribution in [3.05, 3.63) is 56.0 Å². The van der Waals surface area contributed by atoms with Crippen LogP contribution < -0.4 is 10.7 Å². The van der Waals surface area contributed by atoms with Gasteiger partial charge in [0.25, 0.3) is 5.91 Å². The Morgan fingerprint density at radius 2 is 2.20 bits per heavy atom. The fraction of sp³-hybridized carbons (Fsp3) is 0.278. The van der Waals surface area contributed by atoms with E-state index in [4.69, 9.17) is 8.94 Å². The number of carbonyl (C=O) groups is 1. The summed E-state index contributed by atoms with van der Waals surface area (Å²) in [6.45, 7) is 2.15. The van der Waals surface area contributed by atoms with Gasteiger partial charge in [0.2, 0.25) is 5.88 Å². The summed E-state index contributed by atoms with van der Waals surface area (Å²) in [6, 6.07) is 6.25. The Morgan fingerprint density at radius 1 is 1.36 bits per heavy atom. The third-order valence-electron chi connectivity index (χ3n) is 4.44. The van der Waals surface area contributed by atoms with Crippen molar-refractivity contribution in [2.75, 3.05) is 5.32 Å². The van der Waals surface area contributed by atoms with Gasteiger partial charge in [-0.1, -0.05) is 28.0 Å². The number of aryl methyl sites for hydroxylation is 1. The van der Waals surface area contributed by atoms with E-state index in [0.717, 1.165) is 35.0 Å². The molecule has 6 nitrogen and oxygen atoms in total. The Balaban J connectivity index is 1.67. The zero-order valence-corrected chi connectivity index (χ0v) is 15.1. The Kier molecular flexibility index (Phi) is 3.95. The minimum absolute atomic E-state index is 0.0652. The van der Waals surface area contributed by atoms with Crippen LogP contribution in [-0.2, 0) is 12.8 Å². The molecule has 0 saturated heterocycles. The van der Waals surface area contributed by atoms with Gasteiger partial charge in [-0.2, -0.15) is 0 Å². The van der Waals surface area contributed by atoms with Crippen molar-refractivity contribution in [2.24, 2.45) is 5.92 Å². The van der Waals surface area contributed by atoms with Crippen molar-refractivity contribution in [1.82, 2.24) is 5.16 Å². The molecule has 25 heavy (non-hydrogen) atoms. The van der Waals surface area contributed by atoms with E-state index < -0.39 is 5.91 Å². The first-order valence-corrected chi connectivity index (χ1v) is 8.83. The number of hydrogen-bond acceptors (Lipinski definition) is 5. The maximum Gasteiger partial charge on any atom is 0.293 e. The molecule has 0 fully saturated rings. The number of carbonyl (C=O) groups excluding carboxylic acids is 1. The van der Waals surface area contributed by atoms with Gasteiger partial charge < -0.3 is 8.94 Å². The molecule has 3 aromatic rings. The van der Waals surface area contributed by atoms with Gasteiger partial charge in [0, 0.05) is 16.1 Å². The molecule has 1 aliphatic rings. The second kappa shape index (κ2) is 6.15. The molecule has 1 N–H and O–H groups in total. The summed E-state index contributed by atoms with van der Waals surface area (Å²) in [6.07, 6.45) is 2.71. The van der Waals surface area contributed by atoms with Gasteiger partial charge >= 0.3 is 0 Å². The predicted octanol–water partition coefficient (Wildman–Crippen LogP) is 3.92. The van der Waals surface area contributed by atoms with Crippen molar-refractivity contribution in [3.8, 4) is 0 Å². The number of hydrogen-bond donors (Lipinski definition) is 1. The van der Waals surface area contributed by atoms with E-state index in [1.807, 2.05) is 0 Å². The van der Waals surface area contributed by atoms with Crippen LogP contribution in [0.1, 0.15) is 35.2 Å². The lowest BCUT2D eigenvalue weighted by Gasteiger charge is -2.16. The largest absolute Gasteiger partial charge is 0.451 e. The number of amides is 1. The van der Waals surface area contributed by atoms with Crippen molar-refractivity contribution in [1.29, 1.82) is 0 Å². The highest BCUT2D eigenvalue weighted by molar-refractivity contribution is 9.10. The highest BCUT2D eigenvalue weighted by Gasteiger charge is 2.25. The summed E-state index contributed by atoms with van der Waals surface area (Å²) in [5, 5.41) is 7.13. The second-order valence-electron chi connectivity index (χ2n) is 6.35. The lowest BCUT2D eigenvalue weighted by atomic mass is 9.89. The van der Waals surface area contributed by atoms with E-state index in [9.17, 15) is 9.59 Å². The molecule has 0 saturated carbocycles. The quantitative estimate of drug-likeness (QED) is 0.701. The van der Waals surface area contributed by atoms with Crippen molar-refractivity contribution >= 4 is 38.7 Å². The maximum atomic E-state index is 12.5. The Hall–Kier alpha value is -2.41. The molecule has 2 aromatic heterocycles. The predicted molar refractivity (Wildman–Crippen MR) is 95.8 cm³/mol. The third-order valence-corrected chi connectivity index (χ3v) is 4.93. The van der Waals surface area contributed by atoms with Gasteiger partial charge in [0.15, 0.2) is 11.2 Å². The van der Waals surface area contributed by atoms with Gasteiger partial charge in [-0.25, -0.2) is 0 Å². The Labute approximate surface area is 151 Å². The molecule has 1 unspecified atom stereocenters. The van der Waals surface area contributed by atoms with E-state index in [1.165, 1.54) is 6.07 Å². The summed E-state index contributed by atoms with van der Waals surface area (Å²) >= 11 is 3.33. The van der Waals surface area contributed by atoms with Gasteiger partial charge in [0.05, 0.1) is 11.1 Å². The maximum absolute atomic E-state index is 12.5. The third kappa shape index (κ3) is 3.00. The molecule has 0 aliphatic heterocycles. The summed E-state index contributed by atoms with van der Waals surface area (Å²) < 4.78 is 11.6. The van der Waals surface area contributed by atoms with Crippen molar-refractivity contribution in [3.63, 3.8) is 0 Å². The fourth-order valence-corrected chi connectivity index (χ4v) is 3.43. The molecular formula is C18H15BrN2O4. The van der Waals surface area contributed by atoms with Gasteiger partial charge in [-0.15, -0.1) is 0 Å². The number of aromatic nitrogens is 1. The Morgan fingerprint density at radius 3 is 3.04 bits per heavy atom. The summed E-state index contributed by atoms with van der Waals surface area (Å²) in [7, 11) is 0. The molecule has 0 spiro atoms. The second-order valence-corrected chi connectivity index (χ2v) is 7.27. The molecule has 0 bridgehead atoms. The molecule has 1 aromatic carbocycles. The number of halogens is 1. The number of benzene rings is 1. The number of nitrogens with one attached hydrogen (secondary N) is 1. The zero-order valence-electron chi connectivity index (χ0n) is 13.5. The van der Waals surface area contributed by atoms with Crippen LogP contribution in [0.25, 0.3) is 11.0 Å². The molecule has 1 amide bonds. The fourth-order valence-electron chi connectivity index (χ4n) is 3.09. The monoisotopic (exact) mass is 402 g/mol. The van der Waals surface area contributed by atoms with Crippen LogP contribution in [0.2, 0.25) is 0 Å². The van der Waals surface area contributed by atoms with Gasteiger partial charge in [0.1, 0.15) is 5.58 Å². The molecular weight excluding hydrogens is 388 g/mol. The molecule has 7 heteroatoms. The molecule has 0 radical (unpaired) electrons. The van der Waals surface area contributed by atoms with Crippen LogP contribution in [0, 0.1) is 5.92 Å². The summed E-state index contributed by atoms with van der Waals surface area (Å²) in [5.41, 5.74) is 1.89. The lowest BCUT2D eigenvalue weighted by molar-refractivity contribution is 0.0994. The summed E-state index contributed by atoms with van der Waals surface area (Å²) in [4.78, 5) is 24.7. The number of nitrogens with zero attached hydrogens (tertiary/aromatic N) is 1. The number of rotatable bonds is 2. The van der Waals surface area contributed by atoms with E-state index in [0.29, 0.717) is 22.8 Å². The highest BCUT2D eigenvalue weighted by Crippen LogP contribution is 2.30. The average Bonchev–Trinajstić information content (AvgIpc) is 2.96. The average molecular weight is 403 g/mol.